The number of nitrogens with zero attached hydrogens (tertiary/aromatic N) is 2. The largest absolute Gasteiger partial charge is 0.435 e. The van der Waals surface area contributed by atoms with Crippen molar-refractivity contribution < 1.29 is 22.4 Å². The van der Waals surface area contributed by atoms with Crippen LogP contribution in [0.1, 0.15) is 37.3 Å². The Kier molecular flexibility index (Phi) is 4.34. The number of fused-ring (bicyclic) bond motifs is 1. The molecule has 0 aliphatic rings. The summed E-state index contributed by atoms with van der Waals surface area (Å²) in [5, 5.41) is 8.02. The lowest BCUT2D eigenvalue weighted by Gasteiger charge is -2.17. The highest BCUT2D eigenvalue weighted by molar-refractivity contribution is 5.83. The highest BCUT2D eigenvalue weighted by atomic mass is 19.4. The van der Waals surface area contributed by atoms with Crippen molar-refractivity contribution in [3.8, 4) is 0 Å². The number of nitrogens with one attached hydrogen (secondary N) is 2. The molecule has 2 atom stereocenters. The molecule has 3 aromatic rings. The quantitative estimate of drug-likeness (QED) is 0.741. The number of halogens is 3. The Morgan fingerprint density at radius 1 is 1.31 bits per heavy atom. The minimum Gasteiger partial charge on any atom is -0.408 e. The molecule has 26 heavy (non-hydrogen) atoms. The van der Waals surface area contributed by atoms with E-state index in [0.717, 1.165) is 6.07 Å². The third kappa shape index (κ3) is 3.22. The lowest BCUT2D eigenvalue weighted by Crippen LogP contribution is -2.36. The highest BCUT2D eigenvalue weighted by Gasteiger charge is 2.34. The monoisotopic (exact) mass is 368 g/mol. The minimum atomic E-state index is -4.57. The van der Waals surface area contributed by atoms with Crippen molar-refractivity contribution in [3.05, 3.63) is 52.3 Å². The maximum atomic E-state index is 12.6. The molecule has 2 heterocycles. The molecule has 10 heteroatoms. The van der Waals surface area contributed by atoms with E-state index in [0.29, 0.717) is 11.1 Å². The van der Waals surface area contributed by atoms with Crippen LogP contribution >= 0.6 is 0 Å². The van der Waals surface area contributed by atoms with Gasteiger partial charge >= 0.3 is 11.9 Å². The van der Waals surface area contributed by atoms with Crippen LogP contribution in [-0.4, -0.2) is 20.7 Å². The number of carbonyl (C=O) groups excluding carboxylic acids is 1. The molecular formula is C16H15F3N4O3. The number of para-hydroxylation sites is 2. The molecule has 0 aliphatic carbocycles. The van der Waals surface area contributed by atoms with Gasteiger partial charge in [-0.1, -0.05) is 12.1 Å². The van der Waals surface area contributed by atoms with Gasteiger partial charge in [0.05, 0.1) is 17.3 Å². The first-order chi connectivity index (χ1) is 12.2. The van der Waals surface area contributed by atoms with Gasteiger partial charge < -0.3 is 9.73 Å². The predicted molar refractivity (Wildman–Crippen MR) is 85.3 cm³/mol. The third-order valence-corrected chi connectivity index (χ3v) is 4.00. The molecule has 0 aliphatic heterocycles. The molecule has 2 N–H and O–H groups in total. The fourth-order valence-corrected chi connectivity index (χ4v) is 2.58. The number of rotatable bonds is 4. The molecule has 0 radical (unpaired) electrons. The molecule has 7 nitrogen and oxygen atoms in total. The molecule has 2 unspecified atom stereocenters. The second kappa shape index (κ2) is 6.36. The van der Waals surface area contributed by atoms with Gasteiger partial charge in [-0.15, -0.1) is 0 Å². The van der Waals surface area contributed by atoms with Crippen LogP contribution in [0.25, 0.3) is 11.1 Å². The Morgan fingerprint density at radius 2 is 2.00 bits per heavy atom. The summed E-state index contributed by atoms with van der Waals surface area (Å²) in [7, 11) is 0. The molecule has 0 fully saturated rings. The first-order valence-electron chi connectivity index (χ1n) is 7.71. The van der Waals surface area contributed by atoms with Crippen molar-refractivity contribution >= 4 is 17.0 Å². The molecule has 0 saturated carbocycles. The van der Waals surface area contributed by atoms with Gasteiger partial charge in [-0.05, 0) is 32.0 Å². The molecule has 1 amide bonds. The number of aromatic amines is 1. The number of amides is 1. The molecule has 2 aromatic heterocycles. The van der Waals surface area contributed by atoms with Crippen LogP contribution in [-0.2, 0) is 11.0 Å². The Hall–Kier alpha value is -3.04. The van der Waals surface area contributed by atoms with Crippen LogP contribution in [0.3, 0.4) is 0 Å². The molecule has 0 bridgehead atoms. The summed E-state index contributed by atoms with van der Waals surface area (Å²) in [5.41, 5.74) is -0.178. The second-order valence-electron chi connectivity index (χ2n) is 5.82. The van der Waals surface area contributed by atoms with Crippen molar-refractivity contribution in [2.24, 2.45) is 0 Å². The maximum absolute atomic E-state index is 12.6. The van der Waals surface area contributed by atoms with Crippen molar-refractivity contribution in [2.45, 2.75) is 32.1 Å². The van der Waals surface area contributed by atoms with E-state index in [4.69, 9.17) is 4.42 Å². The number of alkyl halides is 3. The number of carbonyl (C=O) groups is 1. The van der Waals surface area contributed by atoms with E-state index in [-0.39, 0.29) is 5.69 Å². The Labute approximate surface area is 144 Å². The van der Waals surface area contributed by atoms with E-state index in [1.54, 1.807) is 24.3 Å². The summed E-state index contributed by atoms with van der Waals surface area (Å²) in [6.07, 6.45) is -4.57. The van der Waals surface area contributed by atoms with E-state index in [9.17, 15) is 22.8 Å². The van der Waals surface area contributed by atoms with Crippen molar-refractivity contribution in [3.63, 3.8) is 0 Å². The van der Waals surface area contributed by atoms with Crippen molar-refractivity contribution in [1.82, 2.24) is 20.1 Å². The Balaban J connectivity index is 1.80. The third-order valence-electron chi connectivity index (χ3n) is 4.00. The fraction of sp³-hybridized carbons (Fsp3) is 0.312. The number of hydrogen-bond acceptors (Lipinski definition) is 4. The summed E-state index contributed by atoms with van der Waals surface area (Å²) in [5.74, 6) is -1.24. The van der Waals surface area contributed by atoms with Gasteiger partial charge in [-0.2, -0.15) is 18.3 Å². The van der Waals surface area contributed by atoms with Gasteiger partial charge in [0, 0.05) is 0 Å². The van der Waals surface area contributed by atoms with Gasteiger partial charge in [0.25, 0.3) is 0 Å². The van der Waals surface area contributed by atoms with E-state index >= 15 is 0 Å². The zero-order valence-electron chi connectivity index (χ0n) is 13.8. The van der Waals surface area contributed by atoms with Crippen molar-refractivity contribution in [1.29, 1.82) is 0 Å². The molecule has 1 aromatic carbocycles. The topological polar surface area (TPSA) is 92.9 Å². The maximum Gasteiger partial charge on any atom is 0.435 e. The minimum absolute atomic E-state index is 0.0993. The van der Waals surface area contributed by atoms with E-state index in [2.05, 4.69) is 15.5 Å². The SMILES string of the molecule is CC(NC(=O)C(C)n1c(=O)oc2ccccc21)c1cc(C(F)(F)F)n[nH]1. The van der Waals surface area contributed by atoms with Crippen LogP contribution in [0, 0.1) is 0 Å². The second-order valence-corrected chi connectivity index (χ2v) is 5.82. The number of oxazole rings is 1. The van der Waals surface area contributed by atoms with Gasteiger partial charge in [0.1, 0.15) is 6.04 Å². The summed E-state index contributed by atoms with van der Waals surface area (Å²) in [4.78, 5) is 24.5. The summed E-state index contributed by atoms with van der Waals surface area (Å²) < 4.78 is 44.1. The first-order valence-corrected chi connectivity index (χ1v) is 7.71. The van der Waals surface area contributed by atoms with Gasteiger partial charge in [-0.25, -0.2) is 4.79 Å². The molecule has 3 rings (SSSR count). The van der Waals surface area contributed by atoms with Crippen LogP contribution in [0.2, 0.25) is 0 Å². The van der Waals surface area contributed by atoms with Gasteiger partial charge in [0.2, 0.25) is 5.91 Å². The van der Waals surface area contributed by atoms with Gasteiger partial charge in [-0.3, -0.25) is 14.5 Å². The van der Waals surface area contributed by atoms with Crippen LogP contribution in [0.5, 0.6) is 0 Å². The van der Waals surface area contributed by atoms with Gasteiger partial charge in [0.15, 0.2) is 11.3 Å². The lowest BCUT2D eigenvalue weighted by atomic mass is 10.2. The van der Waals surface area contributed by atoms with Crippen LogP contribution in [0.4, 0.5) is 13.2 Å². The average Bonchev–Trinajstić information content (AvgIpc) is 3.17. The average molecular weight is 368 g/mol. The highest BCUT2D eigenvalue weighted by Crippen LogP contribution is 2.29. The zero-order chi connectivity index (χ0) is 19.1. The molecule has 138 valence electrons. The fourth-order valence-electron chi connectivity index (χ4n) is 2.58. The standard InChI is InChI=1S/C16H15F3N4O3/c1-8(10-7-13(22-21-10)16(17,18)19)20-14(24)9(2)23-11-5-3-4-6-12(11)26-15(23)25/h3-9H,1-2H3,(H,20,24)(H,21,22). The van der Waals surface area contributed by atoms with Crippen molar-refractivity contribution in [2.75, 3.05) is 0 Å². The summed E-state index contributed by atoms with van der Waals surface area (Å²) in [6, 6.07) is 5.78. The number of hydrogen-bond donors (Lipinski definition) is 2. The number of H-pyrrole nitrogens is 1. The van der Waals surface area contributed by atoms with E-state index in [1.165, 1.54) is 18.4 Å². The Morgan fingerprint density at radius 3 is 2.65 bits per heavy atom. The number of aromatic nitrogens is 3. The van der Waals surface area contributed by atoms with Crippen LogP contribution in [0.15, 0.2) is 39.5 Å². The smallest absolute Gasteiger partial charge is 0.408 e. The molecule has 0 saturated heterocycles. The zero-order valence-corrected chi connectivity index (χ0v) is 13.8. The summed E-state index contributed by atoms with van der Waals surface area (Å²) in [6.45, 7) is 3.01. The molecule has 0 spiro atoms. The number of benzene rings is 1. The predicted octanol–water partition coefficient (Wildman–Crippen LogP) is 2.77. The van der Waals surface area contributed by atoms with Crippen LogP contribution < -0.4 is 11.1 Å². The molecular weight excluding hydrogens is 353 g/mol. The normalized spacial score (nSPS) is 14.3. The van der Waals surface area contributed by atoms with E-state index < -0.39 is 35.6 Å². The Bertz CT molecular complexity index is 1000. The summed E-state index contributed by atoms with van der Waals surface area (Å²) >= 11 is 0. The first kappa shape index (κ1) is 17.8. The lowest BCUT2D eigenvalue weighted by molar-refractivity contribution is -0.141. The van der Waals surface area contributed by atoms with E-state index in [1.807, 2.05) is 0 Å².